The van der Waals surface area contributed by atoms with Crippen LogP contribution in [0.5, 0.6) is 0 Å². The van der Waals surface area contributed by atoms with E-state index in [1.54, 1.807) is 0 Å². The molecule has 0 N–H and O–H groups in total. The van der Waals surface area contributed by atoms with Crippen molar-refractivity contribution >= 4 is 32.3 Å². The molecule has 0 amide bonds. The average molecular weight is 423 g/mol. The molecule has 0 aliphatic heterocycles. The number of allylic oxidation sites excluding steroid dienone is 2. The molecule has 0 rings (SSSR count). The van der Waals surface area contributed by atoms with E-state index in [0.29, 0.717) is 15.2 Å². The Kier molecular flexibility index (Phi) is 8.83. The second-order valence-corrected chi connectivity index (χ2v) is 35.4. The van der Waals surface area contributed by atoms with Crippen molar-refractivity contribution in [3.05, 3.63) is 23.6 Å². The van der Waals surface area contributed by atoms with Gasteiger partial charge in [0, 0.05) is 0 Å². The Morgan fingerprint density at radius 3 is 0.957 bits per heavy atom. The van der Waals surface area contributed by atoms with Gasteiger partial charge in [0.1, 0.15) is 0 Å². The van der Waals surface area contributed by atoms with Crippen LogP contribution in [0.15, 0.2) is 23.6 Å². The van der Waals surface area contributed by atoms with Gasteiger partial charge in [-0.2, -0.15) is 0 Å². The molecule has 0 nitrogen and oxygen atoms in total. The Hall–Kier alpha value is 0.880. The van der Waals surface area contributed by atoms with Crippen molar-refractivity contribution in [2.24, 2.45) is 0 Å². The SMILES string of the molecule is C[Si](C)(C)C=C[CH]([Cr][CH](C=C[Si](C)(C)C)[Si](C)(C)C)[Si](C)(C)C. The van der Waals surface area contributed by atoms with Crippen LogP contribution in [0.3, 0.4) is 0 Å². The Bertz CT molecular complexity index is 374. The maximum atomic E-state index is 2.66. The summed E-state index contributed by atoms with van der Waals surface area (Å²) in [4.78, 5) is 0. The molecular formula is C18H42CrSi4. The molecule has 0 heterocycles. The summed E-state index contributed by atoms with van der Waals surface area (Å²) < 4.78 is 1.76. The van der Waals surface area contributed by atoms with Crippen molar-refractivity contribution in [3.8, 4) is 0 Å². The third-order valence-electron chi connectivity index (χ3n) is 3.54. The van der Waals surface area contributed by atoms with Gasteiger partial charge in [-0.15, -0.1) is 0 Å². The monoisotopic (exact) mass is 422 g/mol. The molecule has 0 saturated carbocycles. The van der Waals surface area contributed by atoms with E-state index in [4.69, 9.17) is 0 Å². The number of rotatable bonds is 8. The van der Waals surface area contributed by atoms with Gasteiger partial charge in [0.25, 0.3) is 0 Å². The van der Waals surface area contributed by atoms with Gasteiger partial charge in [-0.25, -0.2) is 0 Å². The van der Waals surface area contributed by atoms with E-state index in [0.717, 1.165) is 8.81 Å². The first-order chi connectivity index (χ1) is 9.92. The van der Waals surface area contributed by atoms with Crippen LogP contribution in [0.1, 0.15) is 0 Å². The van der Waals surface area contributed by atoms with Gasteiger partial charge >= 0.3 is 158 Å². The van der Waals surface area contributed by atoms with Gasteiger partial charge in [-0.3, -0.25) is 0 Å². The minimum atomic E-state index is -1.14. The summed E-state index contributed by atoms with van der Waals surface area (Å²) in [6.45, 7) is 30.1. The van der Waals surface area contributed by atoms with Gasteiger partial charge < -0.3 is 0 Å². The topological polar surface area (TPSA) is 0 Å². The van der Waals surface area contributed by atoms with Crippen molar-refractivity contribution in [3.63, 3.8) is 0 Å². The summed E-state index contributed by atoms with van der Waals surface area (Å²) in [5.74, 6) is 0. The molecule has 2 atom stereocenters. The maximum absolute atomic E-state index is 2.66. The standard InChI is InChI=1S/2C9H21Si2.Cr/c2*1-10(2,3)8-7-9-11(4,5)6;/h2*7-9H,1-6H3;. The molecule has 136 valence electrons. The minimum absolute atomic E-state index is 0.710. The normalized spacial score (nSPS) is 17.9. The van der Waals surface area contributed by atoms with Crippen molar-refractivity contribution < 1.29 is 15.2 Å². The Balaban J connectivity index is 5.46. The zero-order valence-electron chi connectivity index (χ0n) is 17.9. The first-order valence-corrected chi connectivity index (χ1v) is 24.7. The molecule has 23 heavy (non-hydrogen) atoms. The molecule has 5 heteroatoms. The predicted molar refractivity (Wildman–Crippen MR) is 119 cm³/mol. The zero-order chi connectivity index (χ0) is 18.7. The summed E-state index contributed by atoms with van der Waals surface area (Å²) in [5.41, 5.74) is 5.22. The average Bonchev–Trinajstić information content (AvgIpc) is 2.21. The molecule has 0 spiro atoms. The first-order valence-electron chi connectivity index (χ1n) is 8.96. The molecule has 0 fully saturated rings. The van der Waals surface area contributed by atoms with Crippen LogP contribution < -0.4 is 0 Å². The quantitative estimate of drug-likeness (QED) is 0.361. The summed E-state index contributed by atoms with van der Waals surface area (Å²) in [6, 6.07) is 0. The van der Waals surface area contributed by atoms with E-state index in [1.165, 1.54) is 0 Å². The molecule has 0 aromatic carbocycles. The summed E-state index contributed by atoms with van der Waals surface area (Å²) in [7, 11) is -4.46. The molecule has 0 aliphatic rings. The van der Waals surface area contributed by atoms with Crippen molar-refractivity contribution in [2.45, 2.75) is 87.4 Å². The fraction of sp³-hybridized carbons (Fsp3) is 0.778. The van der Waals surface area contributed by atoms with Crippen molar-refractivity contribution in [1.82, 2.24) is 0 Å². The van der Waals surface area contributed by atoms with Gasteiger partial charge in [-0.05, 0) is 0 Å². The zero-order valence-corrected chi connectivity index (χ0v) is 23.1. The van der Waals surface area contributed by atoms with Crippen LogP contribution in [0.2, 0.25) is 87.4 Å². The van der Waals surface area contributed by atoms with E-state index in [1.807, 2.05) is 0 Å². The van der Waals surface area contributed by atoms with E-state index in [2.05, 4.69) is 102 Å². The van der Waals surface area contributed by atoms with Crippen molar-refractivity contribution in [2.75, 3.05) is 0 Å². The first kappa shape index (κ1) is 23.9. The molecule has 0 bridgehead atoms. The molecular weight excluding hydrogens is 381 g/mol. The van der Waals surface area contributed by atoms with Crippen LogP contribution in [-0.2, 0) is 15.2 Å². The van der Waals surface area contributed by atoms with E-state index < -0.39 is 32.3 Å². The molecule has 0 saturated heterocycles. The van der Waals surface area contributed by atoms with Crippen LogP contribution in [0.4, 0.5) is 0 Å². The molecule has 0 aliphatic carbocycles. The van der Waals surface area contributed by atoms with Crippen molar-refractivity contribution in [1.29, 1.82) is 0 Å². The predicted octanol–water partition coefficient (Wildman–Crippen LogP) is 7.27. The molecule has 0 aromatic heterocycles. The van der Waals surface area contributed by atoms with Gasteiger partial charge in [-0.1, -0.05) is 0 Å². The van der Waals surface area contributed by atoms with Crippen LogP contribution in [0, 0.1) is 0 Å². The Morgan fingerprint density at radius 1 is 0.522 bits per heavy atom. The second-order valence-electron chi connectivity index (χ2n) is 11.2. The van der Waals surface area contributed by atoms with Crippen LogP contribution >= 0.6 is 0 Å². The Morgan fingerprint density at radius 2 is 0.783 bits per heavy atom. The number of hydrogen-bond acceptors (Lipinski definition) is 0. The fourth-order valence-corrected chi connectivity index (χ4v) is 13.1. The third kappa shape index (κ3) is 12.0. The van der Waals surface area contributed by atoms with E-state index in [-0.39, 0.29) is 0 Å². The van der Waals surface area contributed by atoms with Gasteiger partial charge in [0.05, 0.1) is 0 Å². The molecule has 2 unspecified atom stereocenters. The summed E-state index contributed by atoms with van der Waals surface area (Å²) >= 11 is 0.710. The van der Waals surface area contributed by atoms with E-state index >= 15 is 0 Å². The summed E-state index contributed by atoms with van der Waals surface area (Å²) in [6.07, 6.45) is 5.32. The molecule has 0 aromatic rings. The van der Waals surface area contributed by atoms with Gasteiger partial charge in [0.15, 0.2) is 0 Å². The molecule has 0 radical (unpaired) electrons. The second kappa shape index (κ2) is 8.51. The fourth-order valence-electron chi connectivity index (χ4n) is 1.99. The third-order valence-corrected chi connectivity index (χ3v) is 18.9. The summed E-state index contributed by atoms with van der Waals surface area (Å²) in [5, 5.41) is 0. The van der Waals surface area contributed by atoms with E-state index in [9.17, 15) is 0 Å². The number of hydrogen-bond donors (Lipinski definition) is 0. The van der Waals surface area contributed by atoms with Crippen LogP contribution in [0.25, 0.3) is 0 Å². The van der Waals surface area contributed by atoms with Gasteiger partial charge in [0.2, 0.25) is 0 Å². The van der Waals surface area contributed by atoms with Crippen LogP contribution in [-0.4, -0.2) is 32.3 Å². The Labute approximate surface area is 158 Å².